The van der Waals surface area contributed by atoms with Gasteiger partial charge in [-0.1, -0.05) is 29.8 Å². The van der Waals surface area contributed by atoms with Crippen LogP contribution in [0.2, 0.25) is 5.02 Å². The molecule has 1 amide bonds. The van der Waals surface area contributed by atoms with Crippen LogP contribution in [0.5, 0.6) is 0 Å². The Labute approximate surface area is 159 Å². The second-order valence-electron chi connectivity index (χ2n) is 6.72. The third kappa shape index (κ3) is 4.68. The number of hydrogen-bond acceptors (Lipinski definition) is 4. The molecule has 6 heteroatoms. The number of nitrogens with two attached hydrogens (primary N) is 1. The van der Waals surface area contributed by atoms with E-state index in [0.717, 1.165) is 32.7 Å². The number of para-hydroxylation sites is 1. The van der Waals surface area contributed by atoms with E-state index in [4.69, 9.17) is 17.3 Å². The summed E-state index contributed by atoms with van der Waals surface area (Å²) in [7, 11) is 0. The number of piperazine rings is 1. The fourth-order valence-electron chi connectivity index (χ4n) is 3.38. The van der Waals surface area contributed by atoms with Crippen molar-refractivity contribution in [1.29, 1.82) is 0 Å². The molecule has 0 spiro atoms. The van der Waals surface area contributed by atoms with E-state index in [9.17, 15) is 4.79 Å². The summed E-state index contributed by atoms with van der Waals surface area (Å²) in [5.74, 6) is -0.451. The van der Waals surface area contributed by atoms with Crippen molar-refractivity contribution in [2.24, 2.45) is 5.73 Å². The highest BCUT2D eigenvalue weighted by atomic mass is 35.5. The third-order valence-corrected chi connectivity index (χ3v) is 4.91. The van der Waals surface area contributed by atoms with E-state index in [2.05, 4.69) is 46.3 Å². The van der Waals surface area contributed by atoms with Gasteiger partial charge in [-0.3, -0.25) is 9.69 Å². The molecule has 1 atom stereocenters. The summed E-state index contributed by atoms with van der Waals surface area (Å²) in [4.78, 5) is 16.4. The van der Waals surface area contributed by atoms with Gasteiger partial charge in [0.15, 0.2) is 0 Å². The van der Waals surface area contributed by atoms with Crippen LogP contribution in [0.15, 0.2) is 48.5 Å². The van der Waals surface area contributed by atoms with Crippen molar-refractivity contribution in [1.82, 2.24) is 4.90 Å². The zero-order valence-electron chi connectivity index (χ0n) is 15.0. The lowest BCUT2D eigenvalue weighted by Crippen LogP contribution is -2.49. The van der Waals surface area contributed by atoms with Gasteiger partial charge in [-0.15, -0.1) is 0 Å². The van der Waals surface area contributed by atoms with Crippen LogP contribution < -0.4 is 16.0 Å². The normalized spacial score (nSPS) is 16.3. The molecule has 138 valence electrons. The van der Waals surface area contributed by atoms with Crippen LogP contribution in [0.3, 0.4) is 0 Å². The van der Waals surface area contributed by atoms with Gasteiger partial charge in [0, 0.05) is 55.2 Å². The lowest BCUT2D eigenvalue weighted by atomic mass is 10.1. The van der Waals surface area contributed by atoms with E-state index < -0.39 is 5.91 Å². The van der Waals surface area contributed by atoms with E-state index in [1.807, 2.05) is 6.07 Å². The van der Waals surface area contributed by atoms with Crippen molar-refractivity contribution in [3.8, 4) is 0 Å². The molecular weight excluding hydrogens is 348 g/mol. The van der Waals surface area contributed by atoms with E-state index in [1.165, 1.54) is 5.69 Å². The molecule has 5 nitrogen and oxygen atoms in total. The van der Waals surface area contributed by atoms with Crippen LogP contribution in [-0.2, 0) is 0 Å². The fraction of sp³-hybridized carbons (Fsp3) is 0.350. The highest BCUT2D eigenvalue weighted by Crippen LogP contribution is 2.22. The minimum absolute atomic E-state index is 0.176. The van der Waals surface area contributed by atoms with Gasteiger partial charge in [0.1, 0.15) is 0 Å². The number of halogens is 1. The Morgan fingerprint density at radius 2 is 1.85 bits per heavy atom. The summed E-state index contributed by atoms with van der Waals surface area (Å²) in [5.41, 5.74) is 7.90. The predicted octanol–water partition coefficient (Wildman–Crippen LogP) is 3.06. The Kier molecular flexibility index (Phi) is 6.01. The quantitative estimate of drug-likeness (QED) is 0.818. The molecule has 3 N–H and O–H groups in total. The summed E-state index contributed by atoms with van der Waals surface area (Å²) >= 11 is 6.06. The van der Waals surface area contributed by atoms with E-state index in [0.29, 0.717) is 16.3 Å². The zero-order valence-corrected chi connectivity index (χ0v) is 15.7. The fourth-order valence-corrected chi connectivity index (χ4v) is 3.55. The monoisotopic (exact) mass is 372 g/mol. The topological polar surface area (TPSA) is 61.6 Å². The first-order valence-electron chi connectivity index (χ1n) is 8.91. The molecule has 0 aliphatic carbocycles. The highest BCUT2D eigenvalue weighted by molar-refractivity contribution is 6.31. The molecule has 0 bridgehead atoms. The number of rotatable bonds is 6. The number of carbonyl (C=O) groups is 1. The SMILES string of the molecule is CC(CN1CCN(c2ccccc2)CC1)Nc1cc(Cl)ccc1C(N)=O. The van der Waals surface area contributed by atoms with Crippen LogP contribution in [0, 0.1) is 0 Å². The molecule has 2 aromatic carbocycles. The van der Waals surface area contributed by atoms with Crippen molar-refractivity contribution >= 4 is 28.9 Å². The van der Waals surface area contributed by atoms with Gasteiger partial charge in [-0.25, -0.2) is 0 Å². The smallest absolute Gasteiger partial charge is 0.250 e. The number of carbonyl (C=O) groups excluding carboxylic acids is 1. The largest absolute Gasteiger partial charge is 0.381 e. The summed E-state index contributed by atoms with van der Waals surface area (Å²) in [5, 5.41) is 3.97. The molecule has 1 heterocycles. The van der Waals surface area contributed by atoms with Gasteiger partial charge in [0.2, 0.25) is 0 Å². The molecule has 26 heavy (non-hydrogen) atoms. The summed E-state index contributed by atoms with van der Waals surface area (Å²) < 4.78 is 0. The van der Waals surface area contributed by atoms with Gasteiger partial charge in [-0.05, 0) is 37.3 Å². The van der Waals surface area contributed by atoms with Gasteiger partial charge >= 0.3 is 0 Å². The number of amides is 1. The summed E-state index contributed by atoms with van der Waals surface area (Å²) in [6.45, 7) is 7.06. The minimum Gasteiger partial charge on any atom is -0.381 e. The molecular formula is C20H25ClN4O. The number of benzene rings is 2. The average molecular weight is 373 g/mol. The molecule has 0 aromatic heterocycles. The first-order chi connectivity index (χ1) is 12.5. The van der Waals surface area contributed by atoms with E-state index >= 15 is 0 Å². The molecule has 2 aromatic rings. The molecule has 1 saturated heterocycles. The van der Waals surface area contributed by atoms with Crippen LogP contribution in [-0.4, -0.2) is 49.6 Å². The van der Waals surface area contributed by atoms with Gasteiger partial charge in [-0.2, -0.15) is 0 Å². The highest BCUT2D eigenvalue weighted by Gasteiger charge is 2.19. The van der Waals surface area contributed by atoms with Crippen molar-refractivity contribution in [2.75, 3.05) is 42.9 Å². The maximum atomic E-state index is 11.6. The Morgan fingerprint density at radius 1 is 1.15 bits per heavy atom. The van der Waals surface area contributed by atoms with Crippen molar-refractivity contribution < 1.29 is 4.79 Å². The van der Waals surface area contributed by atoms with Crippen LogP contribution in [0.1, 0.15) is 17.3 Å². The summed E-state index contributed by atoms with van der Waals surface area (Å²) in [6.07, 6.45) is 0. The number of anilines is 2. The summed E-state index contributed by atoms with van der Waals surface area (Å²) in [6, 6.07) is 15.8. The van der Waals surface area contributed by atoms with Crippen molar-refractivity contribution in [2.45, 2.75) is 13.0 Å². The molecule has 1 aliphatic rings. The third-order valence-electron chi connectivity index (χ3n) is 4.67. The van der Waals surface area contributed by atoms with E-state index in [-0.39, 0.29) is 6.04 Å². The number of primary amides is 1. The van der Waals surface area contributed by atoms with Crippen molar-refractivity contribution in [3.63, 3.8) is 0 Å². The molecule has 3 rings (SSSR count). The first-order valence-corrected chi connectivity index (χ1v) is 9.29. The molecule has 1 fully saturated rings. The second-order valence-corrected chi connectivity index (χ2v) is 7.16. The first kappa shape index (κ1) is 18.5. The molecule has 1 aliphatic heterocycles. The number of nitrogens with zero attached hydrogens (tertiary/aromatic N) is 2. The number of nitrogens with one attached hydrogen (secondary N) is 1. The molecule has 0 radical (unpaired) electrons. The van der Waals surface area contributed by atoms with Crippen LogP contribution in [0.4, 0.5) is 11.4 Å². The second kappa shape index (κ2) is 8.43. The molecule has 1 unspecified atom stereocenters. The maximum absolute atomic E-state index is 11.6. The lowest BCUT2D eigenvalue weighted by Gasteiger charge is -2.37. The minimum atomic E-state index is -0.451. The Bertz CT molecular complexity index is 745. The van der Waals surface area contributed by atoms with E-state index in [1.54, 1.807) is 18.2 Å². The Balaban J connectivity index is 1.54. The van der Waals surface area contributed by atoms with Gasteiger partial charge < -0.3 is 16.0 Å². The van der Waals surface area contributed by atoms with Gasteiger partial charge in [0.25, 0.3) is 5.91 Å². The Hall–Kier alpha value is -2.24. The standard InChI is InChI=1S/C20H25ClN4O/c1-15(23-19-13-16(21)7-8-18(19)20(22)26)14-24-9-11-25(12-10-24)17-5-3-2-4-6-17/h2-8,13,15,23H,9-12,14H2,1H3,(H2,22,26). The van der Waals surface area contributed by atoms with Crippen molar-refractivity contribution in [3.05, 3.63) is 59.1 Å². The lowest BCUT2D eigenvalue weighted by molar-refractivity contribution is 0.100. The zero-order chi connectivity index (χ0) is 18.5. The van der Waals surface area contributed by atoms with Crippen LogP contribution >= 0.6 is 11.6 Å². The molecule has 0 saturated carbocycles. The van der Waals surface area contributed by atoms with Gasteiger partial charge in [0.05, 0.1) is 5.56 Å². The van der Waals surface area contributed by atoms with Crippen LogP contribution in [0.25, 0.3) is 0 Å². The number of hydrogen-bond donors (Lipinski definition) is 2. The average Bonchev–Trinajstić information content (AvgIpc) is 2.63. The predicted molar refractivity (Wildman–Crippen MR) is 108 cm³/mol. The Morgan fingerprint density at radius 3 is 2.50 bits per heavy atom. The maximum Gasteiger partial charge on any atom is 0.250 e.